The van der Waals surface area contributed by atoms with E-state index in [9.17, 15) is 22.5 Å². The van der Waals surface area contributed by atoms with Gasteiger partial charge in [0.2, 0.25) is 5.95 Å². The monoisotopic (exact) mass is 640 g/mol. The van der Waals surface area contributed by atoms with Crippen LogP contribution in [0, 0.1) is 11.2 Å². The van der Waals surface area contributed by atoms with E-state index in [-0.39, 0.29) is 33.8 Å². The minimum Gasteiger partial charge on any atom is -0.451 e. The zero-order chi connectivity index (χ0) is 31.0. The van der Waals surface area contributed by atoms with Gasteiger partial charge in [-0.05, 0) is 68.1 Å². The third-order valence-electron chi connectivity index (χ3n) is 7.84. The number of benzene rings is 2. The number of ether oxygens (including phenoxy) is 1. The average molecular weight is 641 g/mol. The molecular weight excluding hydrogens is 611 g/mol. The van der Waals surface area contributed by atoms with Crippen LogP contribution in [0.3, 0.4) is 0 Å². The molecule has 3 aromatic rings. The number of piperidine rings is 1. The number of halogens is 5. The number of aromatic nitrogens is 2. The molecule has 2 aromatic carbocycles. The summed E-state index contributed by atoms with van der Waals surface area (Å²) in [4.78, 5) is 21.7. The van der Waals surface area contributed by atoms with Crippen molar-refractivity contribution in [1.82, 2.24) is 9.97 Å². The first-order valence-corrected chi connectivity index (χ1v) is 16.2. The van der Waals surface area contributed by atoms with Crippen molar-refractivity contribution in [3.8, 4) is 0 Å². The van der Waals surface area contributed by atoms with E-state index in [0.29, 0.717) is 16.8 Å². The molecule has 1 atom stereocenters. The molecule has 9 nitrogen and oxygen atoms in total. The predicted octanol–water partition coefficient (Wildman–Crippen LogP) is 6.15. The maximum Gasteiger partial charge on any atom is 0.490 e. The molecule has 1 unspecified atom stereocenters. The van der Waals surface area contributed by atoms with E-state index in [4.69, 9.17) is 17.3 Å². The van der Waals surface area contributed by atoms with Gasteiger partial charge in [0.25, 0.3) is 0 Å². The Hall–Kier alpha value is -3.41. The highest BCUT2D eigenvalue weighted by Gasteiger charge is 2.44. The maximum absolute atomic E-state index is 15.2. The van der Waals surface area contributed by atoms with Gasteiger partial charge in [-0.3, -0.25) is 0 Å². The summed E-state index contributed by atoms with van der Waals surface area (Å²) in [5.41, 5.74) is 7.44. The van der Waals surface area contributed by atoms with Gasteiger partial charge in [-0.15, -0.1) is 0 Å². The third kappa shape index (κ3) is 7.05. The lowest BCUT2D eigenvalue weighted by Crippen LogP contribution is -2.52. The second kappa shape index (κ2) is 11.9. The number of alkyl halides is 3. The molecule has 15 heteroatoms. The van der Waals surface area contributed by atoms with Crippen LogP contribution in [-0.2, 0) is 14.1 Å². The van der Waals surface area contributed by atoms with Crippen LogP contribution in [0.25, 0.3) is 0 Å². The summed E-state index contributed by atoms with van der Waals surface area (Å²) in [6.07, 6.45) is -0.814. The summed E-state index contributed by atoms with van der Waals surface area (Å²) in [5.74, 6) is -2.65. The number of hydrogen-bond donors (Lipinski definition) is 3. The predicted molar refractivity (Wildman–Crippen MR) is 158 cm³/mol. The quantitative estimate of drug-likeness (QED) is 0.151. The van der Waals surface area contributed by atoms with E-state index in [1.54, 1.807) is 24.3 Å². The van der Waals surface area contributed by atoms with E-state index in [0.717, 1.165) is 38.8 Å². The number of anilines is 5. The topological polar surface area (TPSA) is 122 Å². The number of para-hydroxylation sites is 1. The van der Waals surface area contributed by atoms with Crippen molar-refractivity contribution < 1.29 is 31.7 Å². The Morgan fingerprint density at radius 2 is 1.88 bits per heavy atom. The number of nitrogens with one attached hydrogen (secondary N) is 2. The lowest BCUT2D eigenvalue weighted by atomic mass is 9.60. The number of rotatable bonds is 8. The molecule has 1 aromatic heterocycles. The van der Waals surface area contributed by atoms with Crippen molar-refractivity contribution in [3.63, 3.8) is 0 Å². The molecule has 0 amide bonds. The first kappa shape index (κ1) is 31.0. The number of carbonyl (C=O) groups is 1. The molecule has 2 heterocycles. The SMILES string of the molecule is CP(=O)(COC(=O)C(F)(F)F)c1ccccc1Nc1nc(Nc2ccc(N3CCC4(CC3)CC(N)C4)c(F)c2)ncc1Cl. The molecular formula is C28H30ClF4N6O3P. The third-order valence-corrected chi connectivity index (χ3v) is 10.2. The van der Waals surface area contributed by atoms with Crippen LogP contribution in [-0.4, -0.2) is 54.3 Å². The second-order valence-corrected chi connectivity index (χ2v) is 14.5. The molecule has 1 aliphatic heterocycles. The standard InChI is InChI=1S/C28H30ClF4N6O3P/c1-43(41,16-42-25(40)28(31,32)33)23-5-3-2-4-21(23)37-24-19(29)15-35-26(38-24)36-18-6-7-22(20(30)12-18)39-10-8-27(9-11-39)13-17(34)14-27/h2-7,12,15,17H,8-11,13-14,16,34H2,1H3,(H2,35,36,37,38). The van der Waals surface area contributed by atoms with E-state index in [1.807, 2.05) is 4.90 Å². The molecule has 0 bridgehead atoms. The number of nitrogens with zero attached hydrogens (tertiary/aromatic N) is 3. The van der Waals surface area contributed by atoms with Gasteiger partial charge in [0.05, 0.1) is 17.6 Å². The normalized spacial score (nSPS) is 18.1. The van der Waals surface area contributed by atoms with Crippen molar-refractivity contribution in [2.75, 3.05) is 41.6 Å². The fraction of sp³-hybridized carbons (Fsp3) is 0.393. The summed E-state index contributed by atoms with van der Waals surface area (Å²) in [7, 11) is -3.61. The second-order valence-electron chi connectivity index (χ2n) is 11.1. The van der Waals surface area contributed by atoms with Crippen molar-refractivity contribution in [2.24, 2.45) is 11.1 Å². The minimum atomic E-state index is -5.21. The molecule has 1 spiro atoms. The van der Waals surface area contributed by atoms with Crippen LogP contribution < -0.4 is 26.6 Å². The molecule has 4 N–H and O–H groups in total. The van der Waals surface area contributed by atoms with Crippen molar-refractivity contribution >= 4 is 58.8 Å². The molecule has 1 saturated heterocycles. The van der Waals surface area contributed by atoms with E-state index in [1.165, 1.54) is 31.1 Å². The lowest BCUT2D eigenvalue weighted by Gasteiger charge is -2.51. The summed E-state index contributed by atoms with van der Waals surface area (Å²) >= 11 is 6.29. The van der Waals surface area contributed by atoms with Gasteiger partial charge in [-0.1, -0.05) is 23.7 Å². The lowest BCUT2D eigenvalue weighted by molar-refractivity contribution is -0.197. The smallest absolute Gasteiger partial charge is 0.451 e. The molecule has 0 radical (unpaired) electrons. The Balaban J connectivity index is 1.28. The highest BCUT2D eigenvalue weighted by molar-refractivity contribution is 7.71. The number of carbonyl (C=O) groups excluding carboxylic acids is 1. The zero-order valence-electron chi connectivity index (χ0n) is 23.1. The fourth-order valence-electron chi connectivity index (χ4n) is 5.62. The highest BCUT2D eigenvalue weighted by atomic mass is 35.5. The van der Waals surface area contributed by atoms with Gasteiger partial charge < -0.3 is 30.6 Å². The largest absolute Gasteiger partial charge is 0.490 e. The summed E-state index contributed by atoms with van der Waals surface area (Å²) < 4.78 is 70.4. The van der Waals surface area contributed by atoms with Gasteiger partial charge >= 0.3 is 12.1 Å². The Morgan fingerprint density at radius 3 is 2.53 bits per heavy atom. The molecule has 43 heavy (non-hydrogen) atoms. The average Bonchev–Trinajstić information content (AvgIpc) is 2.93. The maximum atomic E-state index is 15.2. The van der Waals surface area contributed by atoms with Gasteiger partial charge in [0.1, 0.15) is 24.3 Å². The molecule has 1 saturated carbocycles. The summed E-state index contributed by atoms with van der Waals surface area (Å²) in [5, 5.41) is 6.08. The number of esters is 1. The van der Waals surface area contributed by atoms with Crippen LogP contribution in [0.4, 0.5) is 46.4 Å². The summed E-state index contributed by atoms with van der Waals surface area (Å²) in [6.45, 7) is 2.74. The first-order valence-electron chi connectivity index (χ1n) is 13.5. The molecule has 230 valence electrons. The molecule has 2 fully saturated rings. The minimum absolute atomic E-state index is 0.0801. The van der Waals surface area contributed by atoms with Crippen LogP contribution in [0.2, 0.25) is 5.02 Å². The Bertz CT molecular complexity index is 1560. The van der Waals surface area contributed by atoms with Crippen molar-refractivity contribution in [3.05, 3.63) is 59.5 Å². The van der Waals surface area contributed by atoms with Crippen LogP contribution in [0.15, 0.2) is 48.7 Å². The molecule has 2 aliphatic rings. The molecule has 1 aliphatic carbocycles. The van der Waals surface area contributed by atoms with Crippen molar-refractivity contribution in [1.29, 1.82) is 0 Å². The fourth-order valence-corrected chi connectivity index (χ4v) is 7.30. The first-order chi connectivity index (χ1) is 20.2. The Morgan fingerprint density at radius 1 is 1.19 bits per heavy atom. The van der Waals surface area contributed by atoms with Gasteiger partial charge in [-0.25, -0.2) is 14.2 Å². The van der Waals surface area contributed by atoms with Crippen LogP contribution in [0.1, 0.15) is 25.7 Å². The van der Waals surface area contributed by atoms with Gasteiger partial charge in [-0.2, -0.15) is 18.2 Å². The number of hydrogen-bond acceptors (Lipinski definition) is 9. The van der Waals surface area contributed by atoms with Crippen LogP contribution in [0.5, 0.6) is 0 Å². The summed E-state index contributed by atoms with van der Waals surface area (Å²) in [6, 6.07) is 11.2. The van der Waals surface area contributed by atoms with Gasteiger partial charge in [0.15, 0.2) is 5.82 Å². The Labute approximate surface area is 250 Å². The van der Waals surface area contributed by atoms with Gasteiger partial charge in [0, 0.05) is 30.1 Å². The molecule has 5 rings (SSSR count). The highest BCUT2D eigenvalue weighted by Crippen LogP contribution is 2.49. The van der Waals surface area contributed by atoms with E-state index >= 15 is 4.39 Å². The number of nitrogens with two attached hydrogens (primary N) is 1. The van der Waals surface area contributed by atoms with E-state index < -0.39 is 31.5 Å². The Kier molecular flexibility index (Phi) is 8.61. The van der Waals surface area contributed by atoms with Crippen LogP contribution >= 0.6 is 18.7 Å². The van der Waals surface area contributed by atoms with E-state index in [2.05, 4.69) is 25.3 Å². The zero-order valence-corrected chi connectivity index (χ0v) is 24.8. The van der Waals surface area contributed by atoms with Crippen molar-refractivity contribution in [2.45, 2.75) is 37.9 Å².